The molecule has 0 N–H and O–H groups in total. The molecule has 0 fully saturated rings. The second-order valence-corrected chi connectivity index (χ2v) is 10.4. The van der Waals surface area contributed by atoms with Gasteiger partial charge in [0.2, 0.25) is 0 Å². The van der Waals surface area contributed by atoms with Gasteiger partial charge >= 0.3 is 35.8 Å². The van der Waals surface area contributed by atoms with Gasteiger partial charge in [0.25, 0.3) is 0 Å². The van der Waals surface area contributed by atoms with E-state index in [1.165, 1.54) is 41.5 Å². The third-order valence-electron chi connectivity index (χ3n) is 6.47. The molecule has 16 heteroatoms. The summed E-state index contributed by atoms with van der Waals surface area (Å²) in [7, 11) is 0. The summed E-state index contributed by atoms with van der Waals surface area (Å²) in [6.07, 6.45) is 0. The molecule has 0 aromatic heterocycles. The summed E-state index contributed by atoms with van der Waals surface area (Å²) < 4.78 is 30.7. The van der Waals surface area contributed by atoms with Gasteiger partial charge in [-0.3, -0.25) is 48.4 Å². The van der Waals surface area contributed by atoms with Crippen molar-refractivity contribution in [3.8, 4) is 0 Å². The summed E-state index contributed by atoms with van der Waals surface area (Å²) in [6, 6.07) is 0. The third kappa shape index (κ3) is 28.2. The first-order valence-corrected chi connectivity index (χ1v) is 15.5. The minimum absolute atomic E-state index is 0.190. The van der Waals surface area contributed by atoms with Crippen molar-refractivity contribution in [2.24, 2.45) is 0 Å². The van der Waals surface area contributed by atoms with Crippen LogP contribution in [0.2, 0.25) is 0 Å². The highest BCUT2D eigenvalue weighted by Crippen LogP contribution is 2.01. The van der Waals surface area contributed by atoms with Crippen LogP contribution in [-0.2, 0) is 57.2 Å². The Hall–Kier alpha value is -3.34. The Labute approximate surface area is 272 Å². The second kappa shape index (κ2) is 26.8. The predicted octanol–water partition coefficient (Wildman–Crippen LogP) is -0.427. The van der Waals surface area contributed by atoms with E-state index in [2.05, 4.69) is 4.90 Å². The normalized spacial score (nSPS) is 11.1. The lowest BCUT2D eigenvalue weighted by Gasteiger charge is -2.32. The maximum absolute atomic E-state index is 11.3. The number of carbonyl (C=O) groups is 6. The van der Waals surface area contributed by atoms with Gasteiger partial charge in [-0.25, -0.2) is 0 Å². The zero-order chi connectivity index (χ0) is 34.7. The Balaban J connectivity index is 5.66. The van der Waals surface area contributed by atoms with Gasteiger partial charge in [0.15, 0.2) is 0 Å². The van der Waals surface area contributed by atoms with Crippen LogP contribution in [0, 0.1) is 0 Å². The molecule has 0 saturated heterocycles. The molecule has 16 nitrogen and oxygen atoms in total. The van der Waals surface area contributed by atoms with Crippen LogP contribution in [0.3, 0.4) is 0 Å². The highest BCUT2D eigenvalue weighted by atomic mass is 16.6. The van der Waals surface area contributed by atoms with E-state index < -0.39 is 0 Å². The van der Waals surface area contributed by atoms with Gasteiger partial charge in [-0.15, -0.1) is 0 Å². The Bertz CT molecular complexity index is 746. The quantitative estimate of drug-likeness (QED) is 0.0819. The van der Waals surface area contributed by atoms with E-state index in [-0.39, 0.29) is 75.5 Å². The van der Waals surface area contributed by atoms with Crippen molar-refractivity contribution >= 4 is 35.8 Å². The molecule has 0 aliphatic carbocycles. The van der Waals surface area contributed by atoms with Gasteiger partial charge in [-0.2, -0.15) is 0 Å². The minimum atomic E-state index is -0.383. The molecule has 0 unspecified atom stereocenters. The number of esters is 6. The third-order valence-corrected chi connectivity index (χ3v) is 6.47. The van der Waals surface area contributed by atoms with Gasteiger partial charge in [-0.05, 0) is 0 Å². The number of hydrogen-bond donors (Lipinski definition) is 0. The first kappa shape index (κ1) is 42.7. The van der Waals surface area contributed by atoms with Crippen molar-refractivity contribution in [3.63, 3.8) is 0 Å². The van der Waals surface area contributed by atoms with Crippen LogP contribution in [0.1, 0.15) is 41.5 Å². The molecule has 0 radical (unpaired) electrons. The van der Waals surface area contributed by atoms with Crippen molar-refractivity contribution in [1.29, 1.82) is 0 Å². The predicted molar refractivity (Wildman–Crippen MR) is 166 cm³/mol. The van der Waals surface area contributed by atoms with Crippen molar-refractivity contribution in [3.05, 3.63) is 0 Å². The van der Waals surface area contributed by atoms with E-state index in [4.69, 9.17) is 28.4 Å². The van der Waals surface area contributed by atoms with E-state index in [1.54, 1.807) is 0 Å². The molecule has 46 heavy (non-hydrogen) atoms. The molecular weight excluding hydrogens is 608 g/mol. The average molecular weight is 663 g/mol. The lowest BCUT2D eigenvalue weighted by molar-refractivity contribution is -0.143. The van der Waals surface area contributed by atoms with E-state index in [9.17, 15) is 28.8 Å². The summed E-state index contributed by atoms with van der Waals surface area (Å²) in [4.78, 5) is 76.2. The zero-order valence-corrected chi connectivity index (χ0v) is 28.4. The van der Waals surface area contributed by atoms with Gasteiger partial charge in [0.1, 0.15) is 39.6 Å². The van der Waals surface area contributed by atoms with E-state index >= 15 is 0 Å². The maximum Gasteiger partial charge on any atom is 0.302 e. The Kier molecular flexibility index (Phi) is 24.9. The average Bonchev–Trinajstić information content (AvgIpc) is 2.94. The molecule has 0 amide bonds. The van der Waals surface area contributed by atoms with Crippen molar-refractivity contribution in [2.45, 2.75) is 41.5 Å². The molecule has 0 rings (SSSR count). The highest BCUT2D eigenvalue weighted by molar-refractivity contribution is 5.67. The van der Waals surface area contributed by atoms with E-state index in [0.717, 1.165) is 0 Å². The van der Waals surface area contributed by atoms with Crippen LogP contribution in [0.15, 0.2) is 0 Å². The first-order valence-electron chi connectivity index (χ1n) is 15.5. The van der Waals surface area contributed by atoms with Crippen LogP contribution >= 0.6 is 0 Å². The van der Waals surface area contributed by atoms with Crippen LogP contribution in [-0.4, -0.2) is 174 Å². The van der Waals surface area contributed by atoms with Gasteiger partial charge in [0.05, 0.1) is 0 Å². The van der Waals surface area contributed by atoms with Crippen LogP contribution in [0.5, 0.6) is 0 Å². The maximum atomic E-state index is 11.3. The molecule has 0 heterocycles. The van der Waals surface area contributed by atoms with Gasteiger partial charge in [-0.1, -0.05) is 0 Å². The number of hydrogen-bond acceptors (Lipinski definition) is 16. The van der Waals surface area contributed by atoms with Gasteiger partial charge in [0, 0.05) is 120 Å². The minimum Gasteiger partial charge on any atom is -0.465 e. The number of rotatable bonds is 27. The highest BCUT2D eigenvalue weighted by Gasteiger charge is 2.16. The van der Waals surface area contributed by atoms with Crippen molar-refractivity contribution in [2.75, 3.05) is 118 Å². The van der Waals surface area contributed by atoms with Crippen molar-refractivity contribution in [1.82, 2.24) is 19.6 Å². The molecule has 0 aliphatic rings. The summed E-state index contributed by atoms with van der Waals surface area (Å²) in [5.41, 5.74) is 0. The topological polar surface area (TPSA) is 171 Å². The molecular formula is C30H54N4O12. The molecule has 0 atom stereocenters. The molecule has 266 valence electrons. The Morgan fingerprint density at radius 3 is 0.543 bits per heavy atom. The molecule has 0 aromatic carbocycles. The summed E-state index contributed by atoms with van der Waals surface area (Å²) in [5, 5.41) is 0. The smallest absolute Gasteiger partial charge is 0.302 e. The summed E-state index contributed by atoms with van der Waals surface area (Å²) >= 11 is 0. The fraction of sp³-hybridized carbons (Fsp3) is 0.800. The largest absolute Gasteiger partial charge is 0.465 e. The van der Waals surface area contributed by atoms with Crippen LogP contribution in [0.25, 0.3) is 0 Å². The lowest BCUT2D eigenvalue weighted by Crippen LogP contribution is -2.45. The molecule has 0 bridgehead atoms. The first-order chi connectivity index (χ1) is 21.8. The lowest BCUT2D eigenvalue weighted by atomic mass is 10.3. The van der Waals surface area contributed by atoms with Crippen LogP contribution in [0.4, 0.5) is 0 Å². The SMILES string of the molecule is CC(=O)OCCN(CCOC(C)=O)CCN(CCN(CCOC(C)=O)CCOC(C)=O)CCN(CCOC(C)=O)CCOC(C)=O. The number of carbonyl (C=O) groups excluding carboxylic acids is 6. The molecule has 0 spiro atoms. The van der Waals surface area contributed by atoms with Gasteiger partial charge < -0.3 is 28.4 Å². The Morgan fingerprint density at radius 2 is 0.413 bits per heavy atom. The summed E-state index contributed by atoms with van der Waals surface area (Å²) in [5.74, 6) is -2.30. The monoisotopic (exact) mass is 662 g/mol. The van der Waals surface area contributed by atoms with E-state index in [0.29, 0.717) is 78.5 Å². The number of nitrogens with zero attached hydrogens (tertiary/aromatic N) is 4. The summed E-state index contributed by atoms with van der Waals surface area (Å²) in [6.45, 7) is 15.4. The van der Waals surface area contributed by atoms with E-state index in [1.807, 2.05) is 14.7 Å². The van der Waals surface area contributed by atoms with Crippen LogP contribution < -0.4 is 0 Å². The zero-order valence-electron chi connectivity index (χ0n) is 28.4. The number of ether oxygens (including phenoxy) is 6. The standard InChI is InChI=1S/C30H54N4O12/c1-25(35)41-19-13-32(14-20-42-26(2)36)10-7-31(8-11-33(15-21-43-27(3)37)16-22-44-28(4)38)9-12-34(17-23-45-29(5)39)18-24-46-30(6)40/h7-24H2,1-6H3. The molecule has 0 saturated carbocycles. The second-order valence-electron chi connectivity index (χ2n) is 10.4. The Morgan fingerprint density at radius 1 is 0.283 bits per heavy atom. The molecule has 0 aliphatic heterocycles. The van der Waals surface area contributed by atoms with Crippen molar-refractivity contribution < 1.29 is 57.2 Å². The fourth-order valence-corrected chi connectivity index (χ4v) is 4.10. The fourth-order valence-electron chi connectivity index (χ4n) is 4.10. The molecule has 0 aromatic rings.